The van der Waals surface area contributed by atoms with Gasteiger partial charge in [-0.15, -0.1) is 11.3 Å². The summed E-state index contributed by atoms with van der Waals surface area (Å²) < 4.78 is 0. The van der Waals surface area contributed by atoms with Crippen LogP contribution in [-0.2, 0) is 6.54 Å². The fourth-order valence-electron chi connectivity index (χ4n) is 1.63. The minimum absolute atomic E-state index is 0.555. The predicted molar refractivity (Wildman–Crippen MR) is 64.3 cm³/mol. The largest absolute Gasteiger partial charge is 0.314 e. The molecule has 84 valence electrons. The van der Waals surface area contributed by atoms with Gasteiger partial charge in [0.1, 0.15) is 0 Å². The van der Waals surface area contributed by atoms with Crippen molar-refractivity contribution in [1.29, 1.82) is 0 Å². The molecule has 0 bridgehead atoms. The van der Waals surface area contributed by atoms with Crippen LogP contribution < -0.4 is 5.32 Å². The lowest BCUT2D eigenvalue weighted by molar-refractivity contribution is 0.171. The Morgan fingerprint density at radius 1 is 1.60 bits per heavy atom. The van der Waals surface area contributed by atoms with Crippen LogP contribution in [0, 0.1) is 0 Å². The second-order valence-corrected chi connectivity index (χ2v) is 5.45. The van der Waals surface area contributed by atoms with Gasteiger partial charge in [0.2, 0.25) is 0 Å². The van der Waals surface area contributed by atoms with Crippen molar-refractivity contribution in [2.75, 3.05) is 20.1 Å². The van der Waals surface area contributed by atoms with E-state index in [1.54, 1.807) is 11.3 Å². The molecule has 0 radical (unpaired) electrons. The molecule has 15 heavy (non-hydrogen) atoms. The third-order valence-corrected chi connectivity index (χ3v) is 4.05. The molecular weight excluding hydrogens is 206 g/mol. The van der Waals surface area contributed by atoms with Gasteiger partial charge in [0.25, 0.3) is 0 Å². The van der Waals surface area contributed by atoms with Crippen LogP contribution in [0.15, 0.2) is 5.38 Å². The second kappa shape index (κ2) is 4.60. The van der Waals surface area contributed by atoms with E-state index in [1.807, 2.05) is 0 Å². The lowest BCUT2D eigenvalue weighted by atomic mass is 10.1. The highest BCUT2D eigenvalue weighted by Gasteiger charge is 2.21. The van der Waals surface area contributed by atoms with E-state index in [9.17, 15) is 0 Å². The summed E-state index contributed by atoms with van der Waals surface area (Å²) in [7, 11) is 2.18. The normalized spacial score (nSPS) is 17.4. The highest BCUT2D eigenvalue weighted by atomic mass is 32.1. The van der Waals surface area contributed by atoms with Crippen LogP contribution in [0.3, 0.4) is 0 Å². The molecule has 1 aromatic heterocycles. The average Bonchev–Trinajstić information content (AvgIpc) is 2.48. The zero-order valence-electron chi connectivity index (χ0n) is 9.66. The van der Waals surface area contributed by atoms with E-state index in [0.717, 1.165) is 19.6 Å². The van der Waals surface area contributed by atoms with E-state index in [2.05, 4.69) is 41.5 Å². The molecular formula is C11H19N3S. The van der Waals surface area contributed by atoms with Gasteiger partial charge in [-0.05, 0) is 7.05 Å². The summed E-state index contributed by atoms with van der Waals surface area (Å²) in [4.78, 5) is 7.03. The monoisotopic (exact) mass is 225 g/mol. The van der Waals surface area contributed by atoms with Gasteiger partial charge in [-0.25, -0.2) is 4.98 Å². The molecule has 1 N–H and O–H groups in total. The van der Waals surface area contributed by atoms with Gasteiger partial charge in [-0.1, -0.05) is 13.8 Å². The summed E-state index contributed by atoms with van der Waals surface area (Å²) in [5, 5.41) is 6.74. The third-order valence-electron chi connectivity index (χ3n) is 2.86. The van der Waals surface area contributed by atoms with E-state index in [4.69, 9.17) is 0 Å². The number of nitrogens with one attached hydrogen (secondary N) is 1. The van der Waals surface area contributed by atoms with E-state index in [0.29, 0.717) is 12.0 Å². The van der Waals surface area contributed by atoms with Crippen molar-refractivity contribution in [3.63, 3.8) is 0 Å². The molecule has 1 fully saturated rings. The molecule has 0 aromatic carbocycles. The Morgan fingerprint density at radius 3 is 2.80 bits per heavy atom. The van der Waals surface area contributed by atoms with Crippen molar-refractivity contribution < 1.29 is 0 Å². The van der Waals surface area contributed by atoms with E-state index >= 15 is 0 Å². The molecule has 1 aromatic rings. The number of hydrogen-bond acceptors (Lipinski definition) is 4. The van der Waals surface area contributed by atoms with Gasteiger partial charge in [0.15, 0.2) is 0 Å². The minimum atomic E-state index is 0.555. The molecule has 0 amide bonds. The molecule has 0 aliphatic carbocycles. The molecule has 1 saturated heterocycles. The zero-order chi connectivity index (χ0) is 10.8. The maximum Gasteiger partial charge on any atom is 0.0954 e. The summed E-state index contributed by atoms with van der Waals surface area (Å²) in [5.74, 6) is 0.555. The van der Waals surface area contributed by atoms with E-state index < -0.39 is 0 Å². The lowest BCUT2D eigenvalue weighted by Gasteiger charge is -2.35. The summed E-state index contributed by atoms with van der Waals surface area (Å²) >= 11 is 1.78. The Labute approximate surface area is 95.5 Å². The van der Waals surface area contributed by atoms with Crippen molar-refractivity contribution in [1.82, 2.24) is 15.2 Å². The van der Waals surface area contributed by atoms with Crippen molar-refractivity contribution in [3.8, 4) is 0 Å². The predicted octanol–water partition coefficient (Wildman–Crippen LogP) is 1.67. The van der Waals surface area contributed by atoms with Crippen molar-refractivity contribution in [2.45, 2.75) is 32.4 Å². The van der Waals surface area contributed by atoms with Crippen LogP contribution in [0.1, 0.15) is 30.5 Å². The van der Waals surface area contributed by atoms with Gasteiger partial charge in [0, 0.05) is 37.0 Å². The Hall–Kier alpha value is -0.450. The quantitative estimate of drug-likeness (QED) is 0.845. The first-order valence-corrected chi connectivity index (χ1v) is 6.40. The zero-order valence-corrected chi connectivity index (χ0v) is 10.5. The number of thiazole rings is 1. The Kier molecular flexibility index (Phi) is 3.38. The summed E-state index contributed by atoms with van der Waals surface area (Å²) in [5.41, 5.74) is 1.22. The molecule has 1 aliphatic heterocycles. The fraction of sp³-hybridized carbons (Fsp3) is 0.727. The molecule has 3 nitrogen and oxygen atoms in total. The first-order valence-electron chi connectivity index (χ1n) is 5.52. The minimum Gasteiger partial charge on any atom is -0.314 e. The van der Waals surface area contributed by atoms with Crippen molar-refractivity contribution in [2.24, 2.45) is 0 Å². The highest BCUT2D eigenvalue weighted by molar-refractivity contribution is 7.09. The van der Waals surface area contributed by atoms with Gasteiger partial charge in [-0.3, -0.25) is 4.90 Å². The molecule has 2 heterocycles. The van der Waals surface area contributed by atoms with Crippen LogP contribution >= 0.6 is 11.3 Å². The topological polar surface area (TPSA) is 28.2 Å². The Balaban J connectivity index is 1.91. The Morgan fingerprint density at radius 2 is 2.33 bits per heavy atom. The third kappa shape index (κ3) is 2.56. The van der Waals surface area contributed by atoms with Crippen LogP contribution in [0.2, 0.25) is 0 Å². The van der Waals surface area contributed by atoms with Crippen molar-refractivity contribution >= 4 is 11.3 Å². The summed E-state index contributed by atoms with van der Waals surface area (Å²) in [6.45, 7) is 7.62. The summed E-state index contributed by atoms with van der Waals surface area (Å²) in [6, 6.07) is 0.703. The van der Waals surface area contributed by atoms with Crippen LogP contribution in [-0.4, -0.2) is 36.1 Å². The summed E-state index contributed by atoms with van der Waals surface area (Å²) in [6.07, 6.45) is 0. The molecule has 0 spiro atoms. The van der Waals surface area contributed by atoms with Crippen LogP contribution in [0.4, 0.5) is 0 Å². The standard InChI is InChI=1S/C11H19N3S/c1-8(2)11-13-9(7-15-11)6-14(3)10-4-12-5-10/h7-8,10,12H,4-6H2,1-3H3. The molecule has 0 atom stereocenters. The Bertz CT molecular complexity index is 317. The number of aromatic nitrogens is 1. The number of likely N-dealkylation sites (N-methyl/N-ethyl adjacent to an activating group) is 1. The first kappa shape index (κ1) is 11.0. The highest BCUT2D eigenvalue weighted by Crippen LogP contribution is 2.20. The lowest BCUT2D eigenvalue weighted by Crippen LogP contribution is -2.55. The van der Waals surface area contributed by atoms with E-state index in [-0.39, 0.29) is 0 Å². The number of hydrogen-bond donors (Lipinski definition) is 1. The molecule has 2 rings (SSSR count). The van der Waals surface area contributed by atoms with E-state index in [1.165, 1.54) is 10.7 Å². The van der Waals surface area contributed by atoms with Crippen molar-refractivity contribution in [3.05, 3.63) is 16.1 Å². The first-order chi connectivity index (χ1) is 7.16. The maximum absolute atomic E-state index is 4.65. The second-order valence-electron chi connectivity index (χ2n) is 4.56. The van der Waals surface area contributed by atoms with Gasteiger partial charge in [-0.2, -0.15) is 0 Å². The van der Waals surface area contributed by atoms with Gasteiger partial charge < -0.3 is 5.32 Å². The van der Waals surface area contributed by atoms with Crippen LogP contribution in [0.25, 0.3) is 0 Å². The maximum atomic E-state index is 4.65. The SMILES string of the molecule is CC(C)c1nc(CN(C)C2CNC2)cs1. The number of rotatable bonds is 4. The smallest absolute Gasteiger partial charge is 0.0954 e. The van der Waals surface area contributed by atoms with Gasteiger partial charge >= 0.3 is 0 Å². The van der Waals surface area contributed by atoms with Crippen LogP contribution in [0.5, 0.6) is 0 Å². The molecule has 4 heteroatoms. The van der Waals surface area contributed by atoms with Gasteiger partial charge in [0.05, 0.1) is 10.7 Å². The number of nitrogens with zero attached hydrogens (tertiary/aromatic N) is 2. The molecule has 0 saturated carbocycles. The molecule has 1 aliphatic rings. The fourth-order valence-corrected chi connectivity index (χ4v) is 2.46. The molecule has 0 unspecified atom stereocenters. The average molecular weight is 225 g/mol.